The van der Waals surface area contributed by atoms with Gasteiger partial charge in [0.2, 0.25) is 0 Å². The van der Waals surface area contributed by atoms with E-state index in [2.05, 4.69) is 11.6 Å². The van der Waals surface area contributed by atoms with Crippen molar-refractivity contribution in [2.45, 2.75) is 43.9 Å². The van der Waals surface area contributed by atoms with Gasteiger partial charge in [-0.2, -0.15) is 26.3 Å². The Kier molecular flexibility index (Phi) is 8.33. The molecule has 11 heteroatoms. The molecular weight excluding hydrogens is 602 g/mol. The second kappa shape index (κ2) is 11.0. The van der Waals surface area contributed by atoms with E-state index in [4.69, 9.17) is 4.74 Å². The molecule has 3 aliphatic heterocycles. The number of aromatic nitrogens is 1. The number of quaternary nitrogens is 1. The van der Waals surface area contributed by atoms with Gasteiger partial charge in [0.25, 0.3) is 0 Å². The van der Waals surface area contributed by atoms with Crippen LogP contribution in [0.2, 0.25) is 0 Å². The molecule has 1 aromatic heterocycles. The van der Waals surface area contributed by atoms with Crippen LogP contribution in [0, 0.1) is 11.8 Å². The number of benzene rings is 2. The average molecular weight is 631 g/mol. The van der Waals surface area contributed by atoms with Crippen LogP contribution in [0.25, 0.3) is 10.9 Å². The van der Waals surface area contributed by atoms with Crippen molar-refractivity contribution < 1.29 is 57.7 Å². The van der Waals surface area contributed by atoms with Crippen molar-refractivity contribution in [2.75, 3.05) is 20.2 Å². The highest BCUT2D eigenvalue weighted by Gasteiger charge is 2.54. The fraction of sp³-hybridized carbons (Fsp3) is 0.414. The van der Waals surface area contributed by atoms with E-state index in [1.165, 1.54) is 7.11 Å². The van der Waals surface area contributed by atoms with Gasteiger partial charge in [0.15, 0.2) is 0 Å². The summed E-state index contributed by atoms with van der Waals surface area (Å²) in [6.45, 7) is 4.86. The first-order valence-electron chi connectivity index (χ1n) is 12.7. The zero-order valence-electron chi connectivity index (χ0n) is 21.6. The van der Waals surface area contributed by atoms with Crippen molar-refractivity contribution in [1.82, 2.24) is 4.98 Å². The first kappa shape index (κ1) is 30.3. The first-order valence-corrected chi connectivity index (χ1v) is 12.7. The van der Waals surface area contributed by atoms with Gasteiger partial charge in [-0.25, -0.2) is 0 Å². The number of aliphatic hydroxyl groups is 1. The molecule has 0 aliphatic carbocycles. The minimum Gasteiger partial charge on any atom is -1.00 e. The van der Waals surface area contributed by atoms with E-state index >= 15 is 0 Å². The second-order valence-corrected chi connectivity index (χ2v) is 10.7. The van der Waals surface area contributed by atoms with Crippen LogP contribution in [0.3, 0.4) is 0 Å². The van der Waals surface area contributed by atoms with E-state index in [0.29, 0.717) is 41.7 Å². The molecule has 2 bridgehead atoms. The summed E-state index contributed by atoms with van der Waals surface area (Å²) in [5.41, 5.74) is -1.47. The van der Waals surface area contributed by atoms with Gasteiger partial charge in [-0.05, 0) is 53.9 Å². The summed E-state index contributed by atoms with van der Waals surface area (Å²) < 4.78 is 87.2. The number of methoxy groups -OCH3 is 1. The Morgan fingerprint density at radius 1 is 1.07 bits per heavy atom. The molecule has 3 aliphatic rings. The lowest BCUT2D eigenvalue weighted by molar-refractivity contribution is -0.984. The zero-order chi connectivity index (χ0) is 28.2. The molecule has 0 amide bonds. The number of piperidine rings is 3. The molecule has 2 aromatic carbocycles. The molecule has 5 atom stereocenters. The minimum absolute atomic E-state index is 0. The van der Waals surface area contributed by atoms with E-state index < -0.39 is 35.6 Å². The molecule has 3 saturated heterocycles. The predicted octanol–water partition coefficient (Wildman–Crippen LogP) is 3.93. The normalized spacial score (nSPS) is 25.4. The summed E-state index contributed by atoms with van der Waals surface area (Å²) >= 11 is 0. The smallest absolute Gasteiger partial charge is 0.416 e. The van der Waals surface area contributed by atoms with Crippen LogP contribution in [0.1, 0.15) is 41.2 Å². The van der Waals surface area contributed by atoms with E-state index in [9.17, 15) is 31.4 Å². The number of nitrogens with zero attached hydrogens (tertiary/aromatic N) is 2. The van der Waals surface area contributed by atoms with Crippen molar-refractivity contribution in [3.8, 4) is 5.75 Å². The lowest BCUT2D eigenvalue weighted by Gasteiger charge is -2.58. The maximum Gasteiger partial charge on any atom is 0.416 e. The van der Waals surface area contributed by atoms with Crippen LogP contribution in [-0.2, 0) is 18.9 Å². The molecule has 1 N–H and O–H groups in total. The maximum absolute atomic E-state index is 13.6. The van der Waals surface area contributed by atoms with Crippen LogP contribution in [-0.4, -0.2) is 40.8 Å². The van der Waals surface area contributed by atoms with Gasteiger partial charge in [0.1, 0.15) is 24.4 Å². The van der Waals surface area contributed by atoms with Gasteiger partial charge in [-0.1, -0.05) is 6.08 Å². The third kappa shape index (κ3) is 5.60. The molecule has 3 aromatic rings. The van der Waals surface area contributed by atoms with Gasteiger partial charge in [-0.3, -0.25) is 4.98 Å². The Bertz CT molecular complexity index is 1360. The van der Waals surface area contributed by atoms with Gasteiger partial charge >= 0.3 is 12.4 Å². The van der Waals surface area contributed by atoms with Crippen molar-refractivity contribution in [3.63, 3.8) is 0 Å². The number of fused-ring (bicyclic) bond motifs is 4. The molecule has 0 radical (unpaired) electrons. The topological polar surface area (TPSA) is 42.4 Å². The molecule has 0 unspecified atom stereocenters. The SMILES string of the molecule is C=C[C@H]1C[N@+]2(Cc3cc(C(F)(F)F)cc(C(F)(F)F)c3)CC[C@@H]1C[C@H]2[C@H](O)c1ccnc2ccc(OC)cc12.[Br-]. The summed E-state index contributed by atoms with van der Waals surface area (Å²) in [6, 6.07) is 8.34. The Balaban J connectivity index is 0.00000370. The summed E-state index contributed by atoms with van der Waals surface area (Å²) in [4.78, 5) is 4.37. The Hall–Kier alpha value is -2.63. The maximum atomic E-state index is 13.6. The highest BCUT2D eigenvalue weighted by atomic mass is 79.9. The molecular formula is C29H29BrF6N2O2. The average Bonchev–Trinajstić information content (AvgIpc) is 2.90. The quantitative estimate of drug-likeness (QED) is 0.255. The molecule has 0 saturated carbocycles. The summed E-state index contributed by atoms with van der Waals surface area (Å²) in [5, 5.41) is 12.5. The monoisotopic (exact) mass is 630 g/mol. The lowest BCUT2D eigenvalue weighted by atomic mass is 9.71. The van der Waals surface area contributed by atoms with Gasteiger partial charge in [0.05, 0.1) is 36.8 Å². The Morgan fingerprint density at radius 2 is 1.75 bits per heavy atom. The highest BCUT2D eigenvalue weighted by Crippen LogP contribution is 2.48. The van der Waals surface area contributed by atoms with Crippen molar-refractivity contribution in [1.29, 1.82) is 0 Å². The third-order valence-electron chi connectivity index (χ3n) is 8.49. The van der Waals surface area contributed by atoms with Crippen LogP contribution in [0.4, 0.5) is 26.3 Å². The van der Waals surface area contributed by atoms with Crippen molar-refractivity contribution in [3.05, 3.63) is 83.6 Å². The van der Waals surface area contributed by atoms with E-state index in [-0.39, 0.29) is 51.5 Å². The largest absolute Gasteiger partial charge is 1.00 e. The fourth-order valence-corrected chi connectivity index (χ4v) is 6.59. The zero-order valence-corrected chi connectivity index (χ0v) is 23.2. The van der Waals surface area contributed by atoms with E-state index in [1.54, 1.807) is 30.5 Å². The van der Waals surface area contributed by atoms with Gasteiger partial charge in [0, 0.05) is 35.9 Å². The van der Waals surface area contributed by atoms with Crippen molar-refractivity contribution in [2.24, 2.45) is 11.8 Å². The van der Waals surface area contributed by atoms with E-state index in [1.807, 2.05) is 6.08 Å². The molecule has 216 valence electrons. The predicted molar refractivity (Wildman–Crippen MR) is 134 cm³/mol. The summed E-state index contributed by atoms with van der Waals surface area (Å²) in [5.74, 6) is 0.843. The molecule has 40 heavy (non-hydrogen) atoms. The lowest BCUT2D eigenvalue weighted by Crippen LogP contribution is -3.00. The molecule has 4 heterocycles. The number of aliphatic hydroxyl groups excluding tert-OH is 1. The Morgan fingerprint density at radius 3 is 2.35 bits per heavy atom. The molecule has 6 rings (SSSR count). The number of halogens is 7. The summed E-state index contributed by atoms with van der Waals surface area (Å²) in [7, 11) is 1.53. The van der Waals surface area contributed by atoms with Gasteiger partial charge in [-0.15, -0.1) is 6.58 Å². The number of pyridine rings is 1. The van der Waals surface area contributed by atoms with Crippen LogP contribution >= 0.6 is 0 Å². The highest BCUT2D eigenvalue weighted by molar-refractivity contribution is 5.83. The third-order valence-corrected chi connectivity index (χ3v) is 8.49. The fourth-order valence-electron chi connectivity index (χ4n) is 6.59. The van der Waals surface area contributed by atoms with E-state index in [0.717, 1.165) is 18.6 Å². The first-order chi connectivity index (χ1) is 18.3. The Labute approximate surface area is 238 Å². The molecule has 3 fully saturated rings. The van der Waals surface area contributed by atoms with Crippen LogP contribution < -0.4 is 21.7 Å². The summed E-state index contributed by atoms with van der Waals surface area (Å²) in [6.07, 6.45) is -6.16. The second-order valence-electron chi connectivity index (χ2n) is 10.7. The molecule has 0 spiro atoms. The number of hydrogen-bond acceptors (Lipinski definition) is 3. The van der Waals surface area contributed by atoms with Crippen LogP contribution in [0.15, 0.2) is 61.3 Å². The molecule has 4 nitrogen and oxygen atoms in total. The number of rotatable bonds is 6. The number of alkyl halides is 6. The minimum atomic E-state index is -4.93. The standard InChI is InChI=1S/C29H29F6N2O2.BrH/c1-3-18-16-37(15-17-10-20(28(30,31)32)13-21(11-17)29(33,34)35)9-7-19(18)12-26(37)27(38)23-6-8-36-25-5-4-22(39-2)14-24(23)25;/h3-6,8,10-11,13-14,18-19,26-27,38H,1,7,9,12,15-16H2,2H3;1H/q+1;/p-1/t18-,19+,26-,27+,37+;/m0./s1. The number of ether oxygens (including phenoxy) is 1. The van der Waals surface area contributed by atoms with Gasteiger partial charge < -0.3 is 31.3 Å². The number of hydrogen-bond donors (Lipinski definition) is 1. The van der Waals surface area contributed by atoms with Crippen LogP contribution in [0.5, 0.6) is 5.75 Å². The van der Waals surface area contributed by atoms with Crippen molar-refractivity contribution >= 4 is 10.9 Å².